The second-order valence-corrected chi connectivity index (χ2v) is 6.12. The van der Waals surface area contributed by atoms with E-state index in [1.54, 1.807) is 11.0 Å². The van der Waals surface area contributed by atoms with Gasteiger partial charge in [-0.15, -0.1) is 0 Å². The summed E-state index contributed by atoms with van der Waals surface area (Å²) in [6.07, 6.45) is 3.35. The van der Waals surface area contributed by atoms with Crippen molar-refractivity contribution < 1.29 is 9.53 Å². The molecule has 0 bridgehead atoms. The van der Waals surface area contributed by atoms with Gasteiger partial charge >= 0.3 is 0 Å². The summed E-state index contributed by atoms with van der Waals surface area (Å²) in [5.41, 5.74) is 0.999. The lowest BCUT2D eigenvalue weighted by Gasteiger charge is -2.38. The van der Waals surface area contributed by atoms with E-state index in [4.69, 9.17) is 16.3 Å². The third-order valence-electron chi connectivity index (χ3n) is 4.00. The minimum absolute atomic E-state index is 0.0636. The molecular weight excluding hydrogens is 316 g/mol. The number of carbonyl (C=O) groups is 1. The van der Waals surface area contributed by atoms with Gasteiger partial charge in [-0.1, -0.05) is 23.7 Å². The molecule has 1 aliphatic heterocycles. The molecule has 6 nitrogen and oxygen atoms in total. The van der Waals surface area contributed by atoms with Crippen LogP contribution >= 0.6 is 11.6 Å². The first kappa shape index (κ1) is 16.0. The molecule has 0 unspecified atom stereocenters. The minimum Gasteiger partial charge on any atom is -0.370 e. The summed E-state index contributed by atoms with van der Waals surface area (Å²) in [5, 5.41) is 4.69. The number of nitrogens with zero attached hydrogens (tertiary/aromatic N) is 4. The zero-order valence-electron chi connectivity index (χ0n) is 12.9. The normalized spacial score (nSPS) is 21.4. The van der Waals surface area contributed by atoms with Crippen LogP contribution in [0.15, 0.2) is 36.9 Å². The molecule has 1 amide bonds. The van der Waals surface area contributed by atoms with Crippen LogP contribution in [0.1, 0.15) is 25.0 Å². The monoisotopic (exact) mass is 334 g/mol. The van der Waals surface area contributed by atoms with E-state index in [9.17, 15) is 4.79 Å². The van der Waals surface area contributed by atoms with Gasteiger partial charge in [-0.05, 0) is 24.6 Å². The van der Waals surface area contributed by atoms with Crippen molar-refractivity contribution in [3.05, 3.63) is 47.5 Å². The van der Waals surface area contributed by atoms with Crippen LogP contribution in [0.3, 0.4) is 0 Å². The lowest BCUT2D eigenvalue weighted by atomic mass is 10.1. The minimum atomic E-state index is -0.139. The first-order chi connectivity index (χ1) is 11.1. The van der Waals surface area contributed by atoms with Crippen molar-refractivity contribution in [2.75, 3.05) is 13.2 Å². The van der Waals surface area contributed by atoms with Crippen LogP contribution in [0, 0.1) is 0 Å². The van der Waals surface area contributed by atoms with Gasteiger partial charge in [-0.25, -0.2) is 4.98 Å². The molecule has 7 heteroatoms. The molecule has 1 saturated heterocycles. The lowest BCUT2D eigenvalue weighted by molar-refractivity contribution is -0.144. The Morgan fingerprint density at radius 2 is 2.35 bits per heavy atom. The lowest BCUT2D eigenvalue weighted by Crippen LogP contribution is -2.48. The summed E-state index contributed by atoms with van der Waals surface area (Å²) in [5.74, 6) is 0.100. The molecule has 2 heterocycles. The van der Waals surface area contributed by atoms with Gasteiger partial charge in [0.05, 0.1) is 25.7 Å². The number of hydrogen-bond donors (Lipinski definition) is 0. The van der Waals surface area contributed by atoms with Gasteiger partial charge in [-0.3, -0.25) is 9.48 Å². The fraction of sp³-hybridized carbons (Fsp3) is 0.438. The summed E-state index contributed by atoms with van der Waals surface area (Å²) in [6, 6.07) is 7.66. The van der Waals surface area contributed by atoms with Crippen molar-refractivity contribution in [3.63, 3.8) is 0 Å². The SMILES string of the molecule is C[C@@H]1CO[C@@H](c2cccc(Cl)c2)CN1C(=O)CCn1cncn1. The average Bonchev–Trinajstić information content (AvgIpc) is 3.06. The van der Waals surface area contributed by atoms with E-state index in [0.29, 0.717) is 31.1 Å². The summed E-state index contributed by atoms with van der Waals surface area (Å²) in [6.45, 7) is 3.59. The summed E-state index contributed by atoms with van der Waals surface area (Å²) in [7, 11) is 0. The predicted octanol–water partition coefficient (Wildman–Crippen LogP) is 2.31. The van der Waals surface area contributed by atoms with Crippen LogP contribution in [0.2, 0.25) is 5.02 Å². The van der Waals surface area contributed by atoms with Crippen LogP contribution in [0.4, 0.5) is 0 Å². The molecule has 0 spiro atoms. The molecule has 2 atom stereocenters. The van der Waals surface area contributed by atoms with Crippen molar-refractivity contribution in [3.8, 4) is 0 Å². The molecule has 0 N–H and O–H groups in total. The number of morpholine rings is 1. The molecule has 3 rings (SSSR count). The third-order valence-corrected chi connectivity index (χ3v) is 4.23. The Balaban J connectivity index is 1.64. The van der Waals surface area contributed by atoms with Crippen LogP contribution in [0.25, 0.3) is 0 Å². The van der Waals surface area contributed by atoms with E-state index in [2.05, 4.69) is 10.1 Å². The molecule has 1 aromatic heterocycles. The Morgan fingerprint density at radius 1 is 1.48 bits per heavy atom. The van der Waals surface area contributed by atoms with Gasteiger partial charge in [0, 0.05) is 11.4 Å². The predicted molar refractivity (Wildman–Crippen MR) is 86.0 cm³/mol. The van der Waals surface area contributed by atoms with Crippen molar-refractivity contribution in [1.29, 1.82) is 0 Å². The zero-order valence-corrected chi connectivity index (χ0v) is 13.7. The highest BCUT2D eigenvalue weighted by Crippen LogP contribution is 2.27. The maximum Gasteiger partial charge on any atom is 0.224 e. The average molecular weight is 335 g/mol. The Hall–Kier alpha value is -1.92. The number of ether oxygens (including phenoxy) is 1. The molecule has 0 saturated carbocycles. The number of rotatable bonds is 4. The number of amides is 1. The van der Waals surface area contributed by atoms with Crippen molar-refractivity contribution in [1.82, 2.24) is 19.7 Å². The number of benzene rings is 1. The van der Waals surface area contributed by atoms with Gasteiger partial charge in [0.2, 0.25) is 5.91 Å². The highest BCUT2D eigenvalue weighted by Gasteiger charge is 2.30. The van der Waals surface area contributed by atoms with Gasteiger partial charge in [0.25, 0.3) is 0 Å². The van der Waals surface area contributed by atoms with E-state index in [1.807, 2.05) is 36.1 Å². The van der Waals surface area contributed by atoms with Gasteiger partial charge < -0.3 is 9.64 Å². The van der Waals surface area contributed by atoms with E-state index >= 15 is 0 Å². The molecule has 0 radical (unpaired) electrons. The molecule has 1 fully saturated rings. The number of halogens is 1. The van der Waals surface area contributed by atoms with Crippen LogP contribution in [0.5, 0.6) is 0 Å². The van der Waals surface area contributed by atoms with Gasteiger partial charge in [0.1, 0.15) is 18.8 Å². The quantitative estimate of drug-likeness (QED) is 0.861. The molecular formula is C16H19ClN4O2. The second kappa shape index (κ2) is 7.10. The third kappa shape index (κ3) is 3.89. The fourth-order valence-electron chi connectivity index (χ4n) is 2.71. The molecule has 0 aliphatic carbocycles. The number of carbonyl (C=O) groups excluding carboxylic acids is 1. The summed E-state index contributed by atoms with van der Waals surface area (Å²) in [4.78, 5) is 18.3. The first-order valence-electron chi connectivity index (χ1n) is 7.62. The number of hydrogen-bond acceptors (Lipinski definition) is 4. The number of aromatic nitrogens is 3. The van der Waals surface area contributed by atoms with Gasteiger partial charge in [-0.2, -0.15) is 5.10 Å². The van der Waals surface area contributed by atoms with Crippen LogP contribution < -0.4 is 0 Å². The molecule has 1 aliphatic rings. The van der Waals surface area contributed by atoms with E-state index < -0.39 is 0 Å². The van der Waals surface area contributed by atoms with E-state index in [0.717, 1.165) is 5.56 Å². The highest BCUT2D eigenvalue weighted by atomic mass is 35.5. The Labute approximate surface area is 140 Å². The maximum atomic E-state index is 12.5. The van der Waals surface area contributed by atoms with Crippen LogP contribution in [-0.2, 0) is 16.1 Å². The van der Waals surface area contributed by atoms with Crippen LogP contribution in [-0.4, -0.2) is 44.8 Å². The topological polar surface area (TPSA) is 60.2 Å². The number of aryl methyl sites for hydroxylation is 1. The summed E-state index contributed by atoms with van der Waals surface area (Å²) >= 11 is 6.05. The van der Waals surface area contributed by atoms with Gasteiger partial charge in [0.15, 0.2) is 0 Å². The Bertz CT molecular complexity index is 662. The first-order valence-corrected chi connectivity index (χ1v) is 8.00. The Morgan fingerprint density at radius 3 is 3.09 bits per heavy atom. The fourth-order valence-corrected chi connectivity index (χ4v) is 2.91. The molecule has 122 valence electrons. The van der Waals surface area contributed by atoms with Crippen molar-refractivity contribution in [2.45, 2.75) is 32.0 Å². The highest BCUT2D eigenvalue weighted by molar-refractivity contribution is 6.30. The van der Waals surface area contributed by atoms with Crippen molar-refractivity contribution in [2.24, 2.45) is 0 Å². The largest absolute Gasteiger partial charge is 0.370 e. The van der Waals surface area contributed by atoms with Crippen molar-refractivity contribution >= 4 is 17.5 Å². The zero-order chi connectivity index (χ0) is 16.2. The maximum absolute atomic E-state index is 12.5. The van der Waals surface area contributed by atoms with E-state index in [-0.39, 0.29) is 18.1 Å². The molecule has 1 aromatic carbocycles. The Kier molecular flexibility index (Phi) is 4.93. The second-order valence-electron chi connectivity index (χ2n) is 5.68. The smallest absolute Gasteiger partial charge is 0.224 e. The summed E-state index contributed by atoms with van der Waals surface area (Å²) < 4.78 is 7.55. The van der Waals surface area contributed by atoms with E-state index in [1.165, 1.54) is 6.33 Å². The molecule has 2 aromatic rings. The molecule has 23 heavy (non-hydrogen) atoms. The standard InChI is InChI=1S/C16H19ClN4O2/c1-12-9-23-15(13-3-2-4-14(17)7-13)8-21(12)16(22)5-6-20-11-18-10-19-20/h2-4,7,10-12,15H,5-6,8-9H2,1H3/t12-,15-/m1/s1.